The minimum absolute atomic E-state index is 0. The summed E-state index contributed by atoms with van der Waals surface area (Å²) < 4.78 is 25.4. The fourth-order valence-corrected chi connectivity index (χ4v) is 8.48. The van der Waals surface area contributed by atoms with Crippen molar-refractivity contribution in [1.82, 2.24) is 9.88 Å². The number of nitrogens with zero attached hydrogens (tertiary/aromatic N) is 3. The molecular weight excluding hydrogens is 466 g/mol. The second-order valence-electron chi connectivity index (χ2n) is 10.3. The number of carbonyl (C=O) groups excluding carboxylic acids is 1. The minimum Gasteiger partial charge on any atom is -0.308 e. The SMILES string of the molecule is CN(C)CCN(C(=O)C12CC3CC(CC(C3)C1)C2)c1nc2c(S(C)(=O)=O)cccc2s1.Cl. The van der Waals surface area contributed by atoms with Gasteiger partial charge >= 0.3 is 0 Å². The Balaban J connectivity index is 0.00000245. The number of benzene rings is 1. The molecule has 0 N–H and O–H groups in total. The number of hydrogen-bond donors (Lipinski definition) is 0. The number of hydrogen-bond acceptors (Lipinski definition) is 6. The molecule has 1 aromatic heterocycles. The van der Waals surface area contributed by atoms with Crippen molar-refractivity contribution < 1.29 is 13.2 Å². The van der Waals surface area contributed by atoms with Crippen molar-refractivity contribution in [2.45, 2.75) is 43.4 Å². The van der Waals surface area contributed by atoms with E-state index < -0.39 is 9.84 Å². The quantitative estimate of drug-likeness (QED) is 0.597. The van der Waals surface area contributed by atoms with Crippen molar-refractivity contribution in [1.29, 1.82) is 0 Å². The van der Waals surface area contributed by atoms with Crippen LogP contribution in [-0.2, 0) is 14.6 Å². The van der Waals surface area contributed by atoms with Crippen LogP contribution in [0.25, 0.3) is 10.2 Å². The Kier molecular flexibility index (Phi) is 6.38. The molecule has 1 heterocycles. The summed E-state index contributed by atoms with van der Waals surface area (Å²) in [6, 6.07) is 5.25. The first-order chi connectivity index (χ1) is 14.6. The molecule has 0 spiro atoms. The van der Waals surface area contributed by atoms with Crippen molar-refractivity contribution in [3.05, 3.63) is 18.2 Å². The van der Waals surface area contributed by atoms with E-state index in [0.29, 0.717) is 34.9 Å². The van der Waals surface area contributed by atoms with Crippen LogP contribution in [-0.4, -0.2) is 57.6 Å². The molecule has 4 saturated carbocycles. The topological polar surface area (TPSA) is 70.6 Å². The molecule has 0 atom stereocenters. The highest BCUT2D eigenvalue weighted by molar-refractivity contribution is 7.91. The summed E-state index contributed by atoms with van der Waals surface area (Å²) >= 11 is 1.43. The average molecular weight is 498 g/mol. The molecule has 4 aliphatic carbocycles. The number of anilines is 1. The van der Waals surface area contributed by atoms with Gasteiger partial charge in [-0.15, -0.1) is 12.4 Å². The van der Waals surface area contributed by atoms with E-state index in [1.54, 1.807) is 12.1 Å². The lowest BCUT2D eigenvalue weighted by atomic mass is 9.49. The van der Waals surface area contributed by atoms with E-state index in [2.05, 4.69) is 4.90 Å². The Morgan fingerprint density at radius 1 is 1.09 bits per heavy atom. The van der Waals surface area contributed by atoms with Crippen LogP contribution in [0, 0.1) is 23.2 Å². The standard InChI is InChI=1S/C23H31N3O3S2.ClH/c1-25(2)7-8-26(21(27)23-12-15-9-16(13-23)11-17(10-15)14-23)22-24-20-18(30-22)5-4-6-19(20)31(3,28)29;/h4-6,15-17H,7-14H2,1-3H3;1H. The van der Waals surface area contributed by atoms with Gasteiger partial charge in [0.15, 0.2) is 15.0 Å². The van der Waals surface area contributed by atoms with E-state index in [-0.39, 0.29) is 28.6 Å². The third-order valence-corrected chi connectivity index (χ3v) is 9.68. The largest absolute Gasteiger partial charge is 0.308 e. The highest BCUT2D eigenvalue weighted by Crippen LogP contribution is 2.60. The summed E-state index contributed by atoms with van der Waals surface area (Å²) in [5.41, 5.74) is 0.233. The zero-order valence-corrected chi connectivity index (χ0v) is 21.4. The highest BCUT2D eigenvalue weighted by Gasteiger charge is 2.56. The second-order valence-corrected chi connectivity index (χ2v) is 13.3. The summed E-state index contributed by atoms with van der Waals surface area (Å²) in [4.78, 5) is 23.1. The third kappa shape index (κ3) is 4.19. The van der Waals surface area contributed by atoms with Crippen LogP contribution in [0.3, 0.4) is 0 Å². The van der Waals surface area contributed by atoms with Gasteiger partial charge in [-0.2, -0.15) is 0 Å². The number of sulfone groups is 1. The van der Waals surface area contributed by atoms with Crippen molar-refractivity contribution in [3.8, 4) is 0 Å². The monoisotopic (exact) mass is 497 g/mol. The van der Waals surface area contributed by atoms with Gasteiger partial charge in [0.1, 0.15) is 5.52 Å². The van der Waals surface area contributed by atoms with Gasteiger partial charge in [-0.3, -0.25) is 9.69 Å². The number of carbonyl (C=O) groups is 1. The van der Waals surface area contributed by atoms with Crippen LogP contribution < -0.4 is 4.90 Å². The zero-order chi connectivity index (χ0) is 22.0. The van der Waals surface area contributed by atoms with Gasteiger partial charge in [0, 0.05) is 19.3 Å². The van der Waals surface area contributed by atoms with Gasteiger partial charge in [-0.1, -0.05) is 17.4 Å². The number of likely N-dealkylation sites (N-methyl/N-ethyl adjacent to an activating group) is 1. The zero-order valence-electron chi connectivity index (χ0n) is 18.9. The summed E-state index contributed by atoms with van der Waals surface area (Å²) in [5, 5.41) is 0.633. The summed E-state index contributed by atoms with van der Waals surface area (Å²) in [6.07, 6.45) is 8.13. The van der Waals surface area contributed by atoms with Crippen molar-refractivity contribution in [2.24, 2.45) is 23.2 Å². The molecule has 0 radical (unpaired) electrons. The smallest absolute Gasteiger partial charge is 0.235 e. The van der Waals surface area contributed by atoms with Gasteiger partial charge in [0.25, 0.3) is 0 Å². The molecule has 32 heavy (non-hydrogen) atoms. The van der Waals surface area contributed by atoms with E-state index in [1.165, 1.54) is 36.9 Å². The normalized spacial score (nSPS) is 28.8. The van der Waals surface area contributed by atoms with Gasteiger partial charge in [0.05, 0.1) is 15.0 Å². The predicted molar refractivity (Wildman–Crippen MR) is 131 cm³/mol. The number of amides is 1. The van der Waals surface area contributed by atoms with E-state index >= 15 is 0 Å². The number of para-hydroxylation sites is 1. The van der Waals surface area contributed by atoms with E-state index in [0.717, 1.165) is 30.5 Å². The molecule has 0 unspecified atom stereocenters. The van der Waals surface area contributed by atoms with Crippen molar-refractivity contribution in [3.63, 3.8) is 0 Å². The van der Waals surface area contributed by atoms with E-state index in [4.69, 9.17) is 4.98 Å². The molecule has 1 aromatic carbocycles. The maximum atomic E-state index is 14.1. The minimum atomic E-state index is -3.39. The molecule has 1 amide bonds. The van der Waals surface area contributed by atoms with Crippen molar-refractivity contribution in [2.75, 3.05) is 38.3 Å². The molecule has 2 aromatic rings. The fourth-order valence-electron chi connectivity index (χ4n) is 6.57. The van der Waals surface area contributed by atoms with Gasteiger partial charge in [-0.05, 0) is 82.5 Å². The van der Waals surface area contributed by atoms with Gasteiger partial charge < -0.3 is 4.90 Å². The molecular formula is C23H32ClN3O3S2. The predicted octanol–water partition coefficient (Wildman–Crippen LogP) is 4.23. The maximum Gasteiger partial charge on any atom is 0.235 e. The number of aromatic nitrogens is 1. The molecule has 4 bridgehead atoms. The molecule has 6 rings (SSSR count). The second kappa shape index (κ2) is 8.53. The molecule has 9 heteroatoms. The Morgan fingerprint density at radius 3 is 2.22 bits per heavy atom. The van der Waals surface area contributed by atoms with E-state index in [1.807, 2.05) is 25.1 Å². The van der Waals surface area contributed by atoms with Crippen molar-refractivity contribution >= 4 is 54.8 Å². The van der Waals surface area contributed by atoms with E-state index in [9.17, 15) is 13.2 Å². The molecule has 4 aliphatic rings. The Bertz CT molecular complexity index is 1090. The molecule has 6 nitrogen and oxygen atoms in total. The summed E-state index contributed by atoms with van der Waals surface area (Å²) in [7, 11) is 0.623. The average Bonchev–Trinajstić information content (AvgIpc) is 3.09. The highest BCUT2D eigenvalue weighted by atomic mass is 35.5. The van der Waals surface area contributed by atoms with Crippen LogP contribution in [0.2, 0.25) is 0 Å². The van der Waals surface area contributed by atoms with Crippen LogP contribution in [0.1, 0.15) is 38.5 Å². The molecule has 0 saturated heterocycles. The Labute approximate surface area is 200 Å². The molecule has 0 aliphatic heterocycles. The summed E-state index contributed by atoms with van der Waals surface area (Å²) in [6.45, 7) is 1.31. The first-order valence-corrected chi connectivity index (χ1v) is 13.9. The van der Waals surface area contributed by atoms with Gasteiger partial charge in [-0.25, -0.2) is 13.4 Å². The lowest BCUT2D eigenvalue weighted by molar-refractivity contribution is -0.143. The first-order valence-electron chi connectivity index (χ1n) is 11.2. The number of thiazole rings is 1. The Morgan fingerprint density at radius 2 is 1.69 bits per heavy atom. The Hall–Kier alpha value is -1.22. The number of rotatable bonds is 6. The first kappa shape index (κ1) is 23.9. The lowest BCUT2D eigenvalue weighted by Crippen LogP contribution is -2.55. The van der Waals surface area contributed by atoms with Crippen LogP contribution >= 0.6 is 23.7 Å². The number of fused-ring (bicyclic) bond motifs is 1. The third-order valence-electron chi connectivity index (χ3n) is 7.51. The van der Waals surface area contributed by atoms with Gasteiger partial charge in [0.2, 0.25) is 5.91 Å². The van der Waals surface area contributed by atoms with Crippen LogP contribution in [0.4, 0.5) is 5.13 Å². The lowest BCUT2D eigenvalue weighted by Gasteiger charge is -2.56. The van der Waals surface area contributed by atoms with Crippen LogP contribution in [0.5, 0.6) is 0 Å². The summed E-state index contributed by atoms with van der Waals surface area (Å²) in [5.74, 6) is 2.29. The molecule has 4 fully saturated rings. The van der Waals surface area contributed by atoms with Crippen LogP contribution in [0.15, 0.2) is 23.1 Å². The maximum absolute atomic E-state index is 14.1. The number of halogens is 1. The molecule has 176 valence electrons. The fraction of sp³-hybridized carbons (Fsp3) is 0.652.